The Hall–Kier alpha value is -4.74. The van der Waals surface area contributed by atoms with Gasteiger partial charge in [0.15, 0.2) is 11.5 Å². The maximum Gasteiger partial charge on any atom is 0.180 e. The quantitative estimate of drug-likeness (QED) is 0.298. The minimum Gasteiger partial charge on any atom is -0.497 e. The molecule has 1 aromatic carbocycles. The number of methoxy groups -OCH3 is 1. The summed E-state index contributed by atoms with van der Waals surface area (Å²) in [6, 6.07) is 6.05. The number of pyridine rings is 1. The molecular weight excluding hydrogens is 441 g/mol. The van der Waals surface area contributed by atoms with E-state index in [4.69, 9.17) is 10.5 Å². The lowest BCUT2D eigenvalue weighted by Crippen LogP contribution is -2.20. The highest BCUT2D eigenvalue weighted by Crippen LogP contribution is 2.37. The Morgan fingerprint density at radius 2 is 2.15 bits per heavy atom. The minimum atomic E-state index is -0.823. The number of aromatic nitrogens is 5. The number of nitrogens with two attached hydrogens (primary N) is 1. The van der Waals surface area contributed by atoms with Gasteiger partial charge >= 0.3 is 0 Å². The van der Waals surface area contributed by atoms with Crippen LogP contribution in [-0.4, -0.2) is 45.3 Å². The van der Waals surface area contributed by atoms with E-state index in [1.807, 2.05) is 0 Å². The van der Waals surface area contributed by atoms with Crippen molar-refractivity contribution in [2.45, 2.75) is 6.54 Å². The maximum absolute atomic E-state index is 15.3. The molecule has 0 bridgehead atoms. The van der Waals surface area contributed by atoms with Gasteiger partial charge in [0.1, 0.15) is 28.6 Å². The summed E-state index contributed by atoms with van der Waals surface area (Å²) in [6.45, 7) is 0.109. The first-order valence-electron chi connectivity index (χ1n) is 10.0. The molecule has 4 aromatic rings. The van der Waals surface area contributed by atoms with Gasteiger partial charge in [0, 0.05) is 49.6 Å². The van der Waals surface area contributed by atoms with Crippen molar-refractivity contribution < 1.29 is 9.13 Å². The molecule has 0 fully saturated rings. The average molecular weight is 461 g/mol. The number of H-pyrrole nitrogens is 1. The summed E-state index contributed by atoms with van der Waals surface area (Å²) in [6.07, 6.45) is 7.72. The van der Waals surface area contributed by atoms with Crippen LogP contribution in [0.2, 0.25) is 0 Å². The molecule has 0 aliphatic rings. The maximum atomic E-state index is 15.3. The highest BCUT2D eigenvalue weighted by Gasteiger charge is 2.22. The molecule has 12 heteroatoms. The van der Waals surface area contributed by atoms with Gasteiger partial charge in [-0.3, -0.25) is 9.98 Å². The van der Waals surface area contributed by atoms with Gasteiger partial charge in [-0.05, 0) is 17.3 Å². The summed E-state index contributed by atoms with van der Waals surface area (Å²) in [4.78, 5) is 37.5. The number of hydrogen-bond acceptors (Lipinski definition) is 10. The van der Waals surface area contributed by atoms with Crippen molar-refractivity contribution in [1.82, 2.24) is 24.9 Å². The van der Waals surface area contributed by atoms with Crippen LogP contribution in [0.3, 0.4) is 0 Å². The number of imidazole rings is 1. The van der Waals surface area contributed by atoms with Crippen molar-refractivity contribution in [1.29, 1.82) is 0 Å². The molecule has 0 aliphatic carbocycles. The average Bonchev–Trinajstić information content (AvgIpc) is 3.39. The summed E-state index contributed by atoms with van der Waals surface area (Å²) in [7, 11) is 3.03. The number of nitrogens with zero attached hydrogens (tertiary/aromatic N) is 7. The van der Waals surface area contributed by atoms with E-state index in [1.165, 1.54) is 30.3 Å². The van der Waals surface area contributed by atoms with Gasteiger partial charge in [-0.15, -0.1) is 4.91 Å². The SMILES string of the molecule is CN=CC(=CN)c1cnc2ccc(N(Cc3ncc[nH]3)c3cc(OC)cc(N=O)c3F)nc2n1. The van der Waals surface area contributed by atoms with Crippen molar-refractivity contribution in [2.24, 2.45) is 15.9 Å². The molecular formula is C22H20FN9O2. The number of aliphatic imine (C=N–C) groups is 1. The first kappa shape index (κ1) is 22.5. The zero-order valence-electron chi connectivity index (χ0n) is 18.3. The summed E-state index contributed by atoms with van der Waals surface area (Å²) in [5.41, 5.74) is 7.20. The smallest absolute Gasteiger partial charge is 0.180 e. The van der Waals surface area contributed by atoms with E-state index >= 15 is 4.39 Å². The second-order valence-corrected chi connectivity index (χ2v) is 6.97. The van der Waals surface area contributed by atoms with E-state index in [0.29, 0.717) is 34.1 Å². The van der Waals surface area contributed by atoms with Crippen molar-refractivity contribution in [3.8, 4) is 5.75 Å². The topological polar surface area (TPSA) is 148 Å². The number of nitrogens with one attached hydrogen (secondary N) is 1. The number of fused-ring (bicyclic) bond motifs is 1. The van der Waals surface area contributed by atoms with Crippen molar-refractivity contribution in [3.05, 3.63) is 71.3 Å². The molecule has 0 amide bonds. The number of aromatic amines is 1. The first-order valence-corrected chi connectivity index (χ1v) is 10.0. The molecule has 3 N–H and O–H groups in total. The molecule has 172 valence electrons. The predicted octanol–water partition coefficient (Wildman–Crippen LogP) is 3.63. The van der Waals surface area contributed by atoms with E-state index in [-0.39, 0.29) is 18.0 Å². The van der Waals surface area contributed by atoms with Gasteiger partial charge in [-0.25, -0.2) is 19.3 Å². The summed E-state index contributed by atoms with van der Waals surface area (Å²) in [5.74, 6) is 0.311. The van der Waals surface area contributed by atoms with E-state index in [9.17, 15) is 4.91 Å². The van der Waals surface area contributed by atoms with Gasteiger partial charge in [-0.2, -0.15) is 0 Å². The largest absolute Gasteiger partial charge is 0.497 e. The molecule has 0 saturated carbocycles. The fraction of sp³-hybridized carbons (Fsp3) is 0.136. The van der Waals surface area contributed by atoms with E-state index in [0.717, 1.165) is 0 Å². The zero-order valence-corrected chi connectivity index (χ0v) is 18.3. The lowest BCUT2D eigenvalue weighted by Gasteiger charge is -2.24. The third kappa shape index (κ3) is 4.41. The van der Waals surface area contributed by atoms with Gasteiger partial charge in [-0.1, -0.05) is 0 Å². The first-order chi connectivity index (χ1) is 16.6. The lowest BCUT2D eigenvalue weighted by atomic mass is 10.2. The number of anilines is 2. The van der Waals surface area contributed by atoms with Gasteiger partial charge in [0.05, 0.1) is 31.2 Å². The Morgan fingerprint density at radius 3 is 2.82 bits per heavy atom. The van der Waals surface area contributed by atoms with E-state index in [2.05, 4.69) is 35.1 Å². The number of ether oxygens (including phenoxy) is 1. The Bertz CT molecular complexity index is 1390. The number of hydrogen-bond donors (Lipinski definition) is 2. The molecule has 0 atom stereocenters. The van der Waals surface area contributed by atoms with Crippen LogP contribution in [-0.2, 0) is 6.54 Å². The summed E-state index contributed by atoms with van der Waals surface area (Å²) >= 11 is 0. The van der Waals surface area contributed by atoms with Gasteiger partial charge < -0.3 is 20.4 Å². The van der Waals surface area contributed by atoms with Crippen LogP contribution >= 0.6 is 0 Å². The predicted molar refractivity (Wildman–Crippen MR) is 127 cm³/mol. The Labute approximate surface area is 193 Å². The number of allylic oxidation sites excluding steroid dienone is 1. The van der Waals surface area contributed by atoms with Crippen LogP contribution in [0.15, 0.2) is 59.2 Å². The van der Waals surface area contributed by atoms with Gasteiger partial charge in [0.2, 0.25) is 0 Å². The fourth-order valence-electron chi connectivity index (χ4n) is 3.28. The third-order valence-electron chi connectivity index (χ3n) is 4.91. The molecule has 3 aromatic heterocycles. The highest BCUT2D eigenvalue weighted by atomic mass is 19.1. The van der Waals surface area contributed by atoms with Crippen LogP contribution in [0.25, 0.3) is 16.7 Å². The molecule has 11 nitrogen and oxygen atoms in total. The molecule has 0 aliphatic heterocycles. The van der Waals surface area contributed by atoms with E-state index in [1.54, 1.807) is 44.0 Å². The van der Waals surface area contributed by atoms with Crippen molar-refractivity contribution in [3.63, 3.8) is 0 Å². The minimum absolute atomic E-state index is 0.0296. The number of rotatable bonds is 8. The van der Waals surface area contributed by atoms with Crippen LogP contribution < -0.4 is 15.4 Å². The van der Waals surface area contributed by atoms with Crippen LogP contribution in [0.5, 0.6) is 5.75 Å². The second-order valence-electron chi connectivity index (χ2n) is 6.97. The van der Waals surface area contributed by atoms with Crippen molar-refractivity contribution >= 4 is 40.1 Å². The lowest BCUT2D eigenvalue weighted by molar-refractivity contribution is 0.414. The molecule has 0 spiro atoms. The van der Waals surface area contributed by atoms with Crippen LogP contribution in [0, 0.1) is 10.7 Å². The number of nitroso groups, excluding NO2 is 1. The second kappa shape index (κ2) is 9.81. The van der Waals surface area contributed by atoms with Gasteiger partial charge in [0.25, 0.3) is 0 Å². The van der Waals surface area contributed by atoms with Crippen LogP contribution in [0.1, 0.15) is 11.5 Å². The highest BCUT2D eigenvalue weighted by molar-refractivity contribution is 6.09. The molecule has 4 rings (SSSR count). The Balaban J connectivity index is 1.88. The molecule has 0 unspecified atom stereocenters. The van der Waals surface area contributed by atoms with Crippen LogP contribution in [0.4, 0.5) is 21.6 Å². The third-order valence-corrected chi connectivity index (χ3v) is 4.91. The number of benzene rings is 1. The Kier molecular flexibility index (Phi) is 6.48. The monoisotopic (exact) mass is 461 g/mol. The Morgan fingerprint density at radius 1 is 1.29 bits per heavy atom. The zero-order chi connectivity index (χ0) is 24.1. The number of halogens is 1. The molecule has 3 heterocycles. The normalized spacial score (nSPS) is 11.8. The molecule has 34 heavy (non-hydrogen) atoms. The molecule has 0 radical (unpaired) electrons. The standard InChI is InChI=1S/C22H20FN9O2/c1-25-10-13(9-24)17-11-28-15-3-4-20(30-22(15)29-17)32(12-19-26-5-6-27-19)18-8-14(34-2)7-16(31-33)21(18)23/h3-11H,12,24H2,1-2H3,(H,26,27). The van der Waals surface area contributed by atoms with E-state index < -0.39 is 11.5 Å². The van der Waals surface area contributed by atoms with Crippen molar-refractivity contribution in [2.75, 3.05) is 19.1 Å². The summed E-state index contributed by atoms with van der Waals surface area (Å²) in [5, 5.41) is 2.79. The summed E-state index contributed by atoms with van der Waals surface area (Å²) < 4.78 is 20.5. The molecule has 0 saturated heterocycles. The fourth-order valence-corrected chi connectivity index (χ4v) is 3.28.